The average molecular weight is 364 g/mol. The van der Waals surface area contributed by atoms with Gasteiger partial charge in [-0.05, 0) is 44.7 Å². The topological polar surface area (TPSA) is 81.7 Å². The molecule has 0 saturated carbocycles. The minimum absolute atomic E-state index is 0.489. The van der Waals surface area contributed by atoms with E-state index in [2.05, 4.69) is 35.3 Å². The molecular weight excluding hydrogens is 330 g/mol. The third-order valence-corrected chi connectivity index (χ3v) is 5.69. The van der Waals surface area contributed by atoms with E-state index in [0.29, 0.717) is 5.92 Å². The van der Waals surface area contributed by atoms with Crippen LogP contribution in [0.25, 0.3) is 0 Å². The van der Waals surface area contributed by atoms with Gasteiger partial charge in [0.25, 0.3) is 0 Å². The molecule has 0 atom stereocenters. The van der Waals surface area contributed by atoms with Crippen LogP contribution in [-0.4, -0.2) is 91.0 Å². The molecule has 3 heterocycles. The number of aromatic amines is 1. The predicted octanol–water partition coefficient (Wildman–Crippen LogP) is 0.918. The van der Waals surface area contributed by atoms with Gasteiger partial charge in [0.1, 0.15) is 12.2 Å². The minimum Gasteiger partial charge on any atom is -0.383 e. The zero-order valence-electron chi connectivity index (χ0n) is 16.2. The number of hydrogen-bond acceptors (Lipinski definition) is 5. The molecule has 2 aliphatic heterocycles. The third-order valence-electron chi connectivity index (χ3n) is 5.69. The second-order valence-corrected chi connectivity index (χ2v) is 7.34. The summed E-state index contributed by atoms with van der Waals surface area (Å²) < 4.78 is 5.18. The number of nitrogens with zero attached hydrogens (tertiary/aromatic N) is 5. The lowest BCUT2D eigenvalue weighted by molar-refractivity contribution is 0.120. The smallest absolute Gasteiger partial charge is 0.193 e. The van der Waals surface area contributed by atoms with E-state index in [1.807, 2.05) is 7.05 Å². The SMILES string of the molecule is CN=C(NCC1CCN(CCOC)CC1)N1CCC(c2ncn[nH]2)CC1. The number of ether oxygens (including phenoxy) is 1. The standard InChI is InChI=1S/C18H33N7O/c1-19-18(20-13-15-3-7-24(8-4-15)11-12-26-2)25-9-5-16(6-10-25)17-21-14-22-23-17/h14-16H,3-13H2,1-2H3,(H,19,20)(H,21,22,23). The van der Waals surface area contributed by atoms with Gasteiger partial charge < -0.3 is 19.9 Å². The van der Waals surface area contributed by atoms with Crippen LogP contribution in [0.4, 0.5) is 0 Å². The maximum atomic E-state index is 5.18. The Balaban J connectivity index is 1.38. The minimum atomic E-state index is 0.489. The van der Waals surface area contributed by atoms with E-state index in [1.54, 1.807) is 13.4 Å². The maximum Gasteiger partial charge on any atom is 0.193 e. The number of piperidine rings is 2. The van der Waals surface area contributed by atoms with Gasteiger partial charge in [0, 0.05) is 46.3 Å². The molecule has 1 aromatic rings. The Labute approximate surface area is 156 Å². The molecule has 3 rings (SSSR count). The van der Waals surface area contributed by atoms with E-state index < -0.39 is 0 Å². The highest BCUT2D eigenvalue weighted by atomic mass is 16.5. The molecule has 0 aromatic carbocycles. The van der Waals surface area contributed by atoms with Crippen LogP contribution >= 0.6 is 0 Å². The normalized spacial score (nSPS) is 21.3. The van der Waals surface area contributed by atoms with Gasteiger partial charge in [0.05, 0.1) is 6.61 Å². The number of aliphatic imine (C=N–C) groups is 1. The van der Waals surface area contributed by atoms with Crippen molar-refractivity contribution in [2.75, 3.05) is 60.0 Å². The molecule has 2 aliphatic rings. The first-order valence-electron chi connectivity index (χ1n) is 9.82. The van der Waals surface area contributed by atoms with Crippen molar-refractivity contribution in [1.29, 1.82) is 0 Å². The first-order valence-corrected chi connectivity index (χ1v) is 9.82. The van der Waals surface area contributed by atoms with Crippen molar-refractivity contribution in [2.45, 2.75) is 31.6 Å². The highest BCUT2D eigenvalue weighted by molar-refractivity contribution is 5.80. The average Bonchev–Trinajstić information content (AvgIpc) is 3.23. The summed E-state index contributed by atoms with van der Waals surface area (Å²) in [7, 11) is 3.66. The van der Waals surface area contributed by atoms with Crippen LogP contribution in [0.1, 0.15) is 37.4 Å². The molecule has 0 amide bonds. The summed E-state index contributed by atoms with van der Waals surface area (Å²) in [6.45, 7) is 7.29. The first kappa shape index (κ1) is 19.1. The fourth-order valence-electron chi connectivity index (χ4n) is 3.98. The van der Waals surface area contributed by atoms with Crippen molar-refractivity contribution in [1.82, 2.24) is 30.3 Å². The largest absolute Gasteiger partial charge is 0.383 e. The Morgan fingerprint density at radius 3 is 2.65 bits per heavy atom. The summed E-state index contributed by atoms with van der Waals surface area (Å²) in [5.41, 5.74) is 0. The van der Waals surface area contributed by atoms with Gasteiger partial charge in [-0.1, -0.05) is 0 Å². The van der Waals surface area contributed by atoms with E-state index in [0.717, 1.165) is 63.3 Å². The van der Waals surface area contributed by atoms with Gasteiger partial charge in [-0.15, -0.1) is 0 Å². The van der Waals surface area contributed by atoms with Crippen LogP contribution in [0, 0.1) is 5.92 Å². The quantitative estimate of drug-likeness (QED) is 0.578. The molecule has 2 N–H and O–H groups in total. The second kappa shape index (κ2) is 9.87. The number of hydrogen-bond donors (Lipinski definition) is 2. The van der Waals surface area contributed by atoms with E-state index >= 15 is 0 Å². The van der Waals surface area contributed by atoms with Gasteiger partial charge >= 0.3 is 0 Å². The summed E-state index contributed by atoms with van der Waals surface area (Å²) in [6.07, 6.45) is 6.28. The molecule has 2 fully saturated rings. The first-order chi connectivity index (χ1) is 12.8. The summed E-state index contributed by atoms with van der Waals surface area (Å²) in [6, 6.07) is 0. The maximum absolute atomic E-state index is 5.18. The number of methoxy groups -OCH3 is 1. The third kappa shape index (κ3) is 5.17. The Morgan fingerprint density at radius 1 is 1.27 bits per heavy atom. The van der Waals surface area contributed by atoms with Crippen LogP contribution in [0.3, 0.4) is 0 Å². The van der Waals surface area contributed by atoms with Crippen LogP contribution in [-0.2, 0) is 4.74 Å². The molecule has 1 aromatic heterocycles. The number of likely N-dealkylation sites (tertiary alicyclic amines) is 2. The van der Waals surface area contributed by atoms with Gasteiger partial charge in [0.15, 0.2) is 5.96 Å². The van der Waals surface area contributed by atoms with E-state index in [9.17, 15) is 0 Å². The number of H-pyrrole nitrogens is 1. The van der Waals surface area contributed by atoms with Gasteiger partial charge in [-0.2, -0.15) is 5.10 Å². The van der Waals surface area contributed by atoms with Gasteiger partial charge in [-0.25, -0.2) is 4.98 Å². The highest BCUT2D eigenvalue weighted by Gasteiger charge is 2.25. The summed E-state index contributed by atoms with van der Waals surface area (Å²) in [5.74, 6) is 3.29. The summed E-state index contributed by atoms with van der Waals surface area (Å²) in [4.78, 5) is 13.7. The van der Waals surface area contributed by atoms with Gasteiger partial charge in [0.2, 0.25) is 0 Å². The molecule has 0 aliphatic carbocycles. The molecule has 8 heteroatoms. The number of nitrogens with one attached hydrogen (secondary N) is 2. The van der Waals surface area contributed by atoms with Crippen LogP contribution in [0.15, 0.2) is 11.3 Å². The molecule has 0 spiro atoms. The highest BCUT2D eigenvalue weighted by Crippen LogP contribution is 2.25. The lowest BCUT2D eigenvalue weighted by Gasteiger charge is -2.35. The predicted molar refractivity (Wildman–Crippen MR) is 102 cm³/mol. The molecule has 0 radical (unpaired) electrons. The van der Waals surface area contributed by atoms with Crippen molar-refractivity contribution in [2.24, 2.45) is 10.9 Å². The second-order valence-electron chi connectivity index (χ2n) is 7.34. The fraction of sp³-hybridized carbons (Fsp3) is 0.833. The van der Waals surface area contributed by atoms with Crippen LogP contribution in [0.5, 0.6) is 0 Å². The molecular formula is C18H33N7O. The summed E-state index contributed by atoms with van der Waals surface area (Å²) in [5, 5.41) is 10.6. The van der Waals surface area contributed by atoms with Crippen LogP contribution < -0.4 is 5.32 Å². The number of aromatic nitrogens is 3. The van der Waals surface area contributed by atoms with Crippen molar-refractivity contribution in [3.05, 3.63) is 12.2 Å². The Morgan fingerprint density at radius 2 is 2.04 bits per heavy atom. The van der Waals surface area contributed by atoms with Crippen molar-refractivity contribution >= 4 is 5.96 Å². The molecule has 146 valence electrons. The van der Waals surface area contributed by atoms with Crippen LogP contribution in [0.2, 0.25) is 0 Å². The van der Waals surface area contributed by atoms with E-state index in [4.69, 9.17) is 4.74 Å². The number of guanidine groups is 1. The number of rotatable bonds is 6. The van der Waals surface area contributed by atoms with E-state index in [1.165, 1.54) is 25.9 Å². The molecule has 0 bridgehead atoms. The van der Waals surface area contributed by atoms with Crippen molar-refractivity contribution in [3.8, 4) is 0 Å². The molecule has 26 heavy (non-hydrogen) atoms. The summed E-state index contributed by atoms with van der Waals surface area (Å²) >= 11 is 0. The van der Waals surface area contributed by atoms with Crippen molar-refractivity contribution < 1.29 is 4.74 Å². The Bertz CT molecular complexity index is 532. The Hall–Kier alpha value is -1.67. The Kier molecular flexibility index (Phi) is 7.25. The molecule has 2 saturated heterocycles. The van der Waals surface area contributed by atoms with Crippen molar-refractivity contribution in [3.63, 3.8) is 0 Å². The zero-order valence-corrected chi connectivity index (χ0v) is 16.2. The molecule has 0 unspecified atom stereocenters. The molecule has 8 nitrogen and oxygen atoms in total. The lowest BCUT2D eigenvalue weighted by Crippen LogP contribution is -2.47. The zero-order chi connectivity index (χ0) is 18.2. The van der Waals surface area contributed by atoms with Gasteiger partial charge in [-0.3, -0.25) is 10.1 Å². The monoisotopic (exact) mass is 363 g/mol. The lowest BCUT2D eigenvalue weighted by atomic mass is 9.96. The fourth-order valence-corrected chi connectivity index (χ4v) is 3.98. The van der Waals surface area contributed by atoms with E-state index in [-0.39, 0.29) is 0 Å².